The lowest BCUT2D eigenvalue weighted by Crippen LogP contribution is -2.43. The first kappa shape index (κ1) is 11.6. The molecule has 0 unspecified atom stereocenters. The molecular weight excluding hydrogens is 204 g/mol. The van der Waals surface area contributed by atoms with Gasteiger partial charge < -0.3 is 9.69 Å². The maximum Gasteiger partial charge on any atom is 0.236 e. The summed E-state index contributed by atoms with van der Waals surface area (Å²) >= 11 is 0. The van der Waals surface area contributed by atoms with Crippen molar-refractivity contribution in [3.63, 3.8) is 0 Å². The second-order valence-electron chi connectivity index (χ2n) is 4.84. The highest BCUT2D eigenvalue weighted by Crippen LogP contribution is 2.15. The van der Waals surface area contributed by atoms with Crippen LogP contribution in [0, 0.1) is 5.92 Å². The number of hydrogen-bond donors (Lipinski definition) is 0. The largest absolute Gasteiger partial charge is 0.342 e. The molecule has 0 saturated carbocycles. The van der Waals surface area contributed by atoms with Gasteiger partial charge in [-0.3, -0.25) is 9.69 Å². The molecule has 2 rings (SSSR count). The van der Waals surface area contributed by atoms with Gasteiger partial charge in [0.15, 0.2) is 0 Å². The van der Waals surface area contributed by atoms with Crippen molar-refractivity contribution >= 4 is 12.2 Å². The van der Waals surface area contributed by atoms with E-state index in [1.165, 1.54) is 12.8 Å². The third kappa shape index (κ3) is 2.82. The Kier molecular flexibility index (Phi) is 3.93. The lowest BCUT2D eigenvalue weighted by atomic mass is 9.98. The molecule has 0 bridgehead atoms. The molecule has 1 amide bonds. The molecule has 4 nitrogen and oxygen atoms in total. The van der Waals surface area contributed by atoms with E-state index in [0.717, 1.165) is 45.3 Å². The van der Waals surface area contributed by atoms with Crippen LogP contribution in [0.15, 0.2) is 0 Å². The van der Waals surface area contributed by atoms with Crippen LogP contribution in [0.2, 0.25) is 0 Å². The van der Waals surface area contributed by atoms with Crippen LogP contribution in [0.4, 0.5) is 0 Å². The lowest BCUT2D eigenvalue weighted by molar-refractivity contribution is -0.134. The van der Waals surface area contributed by atoms with E-state index < -0.39 is 0 Å². The van der Waals surface area contributed by atoms with Crippen molar-refractivity contribution in [3.05, 3.63) is 0 Å². The zero-order valence-electron chi connectivity index (χ0n) is 9.73. The number of amides is 1. The van der Waals surface area contributed by atoms with Crippen molar-refractivity contribution < 1.29 is 9.59 Å². The van der Waals surface area contributed by atoms with Gasteiger partial charge in [-0.2, -0.15) is 0 Å². The molecule has 0 N–H and O–H groups in total. The average molecular weight is 224 g/mol. The number of nitrogens with zero attached hydrogens (tertiary/aromatic N) is 2. The quantitative estimate of drug-likeness (QED) is 0.656. The maximum atomic E-state index is 11.9. The van der Waals surface area contributed by atoms with E-state index in [0.29, 0.717) is 6.54 Å². The van der Waals surface area contributed by atoms with E-state index in [2.05, 4.69) is 4.90 Å². The predicted molar refractivity (Wildman–Crippen MR) is 61.0 cm³/mol. The molecule has 4 heteroatoms. The Balaban J connectivity index is 1.75. The van der Waals surface area contributed by atoms with Gasteiger partial charge in [0, 0.05) is 19.0 Å². The summed E-state index contributed by atoms with van der Waals surface area (Å²) < 4.78 is 0. The topological polar surface area (TPSA) is 40.6 Å². The van der Waals surface area contributed by atoms with Gasteiger partial charge in [-0.05, 0) is 38.8 Å². The van der Waals surface area contributed by atoms with E-state index in [9.17, 15) is 9.59 Å². The van der Waals surface area contributed by atoms with Crippen molar-refractivity contribution in [2.75, 3.05) is 32.7 Å². The van der Waals surface area contributed by atoms with Crippen LogP contribution < -0.4 is 0 Å². The minimum Gasteiger partial charge on any atom is -0.342 e. The fraction of sp³-hybridized carbons (Fsp3) is 0.833. The van der Waals surface area contributed by atoms with Gasteiger partial charge in [-0.1, -0.05) is 0 Å². The molecule has 2 aliphatic rings. The van der Waals surface area contributed by atoms with Gasteiger partial charge in [-0.15, -0.1) is 0 Å². The number of hydrogen-bond acceptors (Lipinski definition) is 3. The first-order valence-electron chi connectivity index (χ1n) is 6.25. The first-order valence-corrected chi connectivity index (χ1v) is 6.25. The number of carbonyl (C=O) groups is 2. The second kappa shape index (κ2) is 5.43. The highest BCUT2D eigenvalue weighted by Gasteiger charge is 2.24. The molecule has 2 heterocycles. The van der Waals surface area contributed by atoms with E-state index in [-0.39, 0.29) is 11.8 Å². The SMILES string of the molecule is O=CC1CCN(C(=O)CN2CCCC2)CC1. The number of piperidine rings is 1. The van der Waals surface area contributed by atoms with Crippen LogP contribution in [-0.4, -0.2) is 54.7 Å². The third-order valence-electron chi connectivity index (χ3n) is 3.64. The molecule has 0 aromatic rings. The summed E-state index contributed by atoms with van der Waals surface area (Å²) in [6, 6.07) is 0. The highest BCUT2D eigenvalue weighted by molar-refractivity contribution is 5.78. The smallest absolute Gasteiger partial charge is 0.236 e. The molecule has 0 aliphatic carbocycles. The van der Waals surface area contributed by atoms with Gasteiger partial charge in [0.25, 0.3) is 0 Å². The molecule has 90 valence electrons. The zero-order chi connectivity index (χ0) is 11.4. The predicted octanol–water partition coefficient (Wildman–Crippen LogP) is 0.520. The highest BCUT2D eigenvalue weighted by atomic mass is 16.2. The number of rotatable bonds is 3. The summed E-state index contributed by atoms with van der Waals surface area (Å²) in [5, 5.41) is 0. The fourth-order valence-electron chi connectivity index (χ4n) is 2.52. The lowest BCUT2D eigenvalue weighted by Gasteiger charge is -2.31. The molecule has 0 radical (unpaired) electrons. The Morgan fingerprint density at radius 2 is 1.75 bits per heavy atom. The van der Waals surface area contributed by atoms with Crippen molar-refractivity contribution in [2.45, 2.75) is 25.7 Å². The molecule has 0 aromatic heterocycles. The van der Waals surface area contributed by atoms with Crippen molar-refractivity contribution in [1.82, 2.24) is 9.80 Å². The molecule has 2 aliphatic heterocycles. The maximum absolute atomic E-state index is 11.9. The van der Waals surface area contributed by atoms with Gasteiger partial charge in [0.2, 0.25) is 5.91 Å². The summed E-state index contributed by atoms with van der Waals surface area (Å²) in [6.07, 6.45) is 5.16. The van der Waals surface area contributed by atoms with Gasteiger partial charge in [0.05, 0.1) is 6.54 Å². The molecule has 2 fully saturated rings. The van der Waals surface area contributed by atoms with Crippen molar-refractivity contribution in [1.29, 1.82) is 0 Å². The second-order valence-corrected chi connectivity index (χ2v) is 4.84. The van der Waals surface area contributed by atoms with E-state index in [1.807, 2.05) is 4.90 Å². The zero-order valence-corrected chi connectivity index (χ0v) is 9.73. The summed E-state index contributed by atoms with van der Waals surface area (Å²) in [5.41, 5.74) is 0. The fourth-order valence-corrected chi connectivity index (χ4v) is 2.52. The van der Waals surface area contributed by atoms with Crippen LogP contribution in [0.3, 0.4) is 0 Å². The molecular formula is C12H20N2O2. The molecule has 0 aromatic carbocycles. The molecule has 2 saturated heterocycles. The molecule has 0 spiro atoms. The normalized spacial score (nSPS) is 23.6. The van der Waals surface area contributed by atoms with Crippen molar-refractivity contribution in [3.8, 4) is 0 Å². The average Bonchev–Trinajstić information content (AvgIpc) is 2.82. The van der Waals surface area contributed by atoms with Crippen molar-refractivity contribution in [2.24, 2.45) is 5.92 Å². The van der Waals surface area contributed by atoms with E-state index in [4.69, 9.17) is 0 Å². The minimum absolute atomic E-state index is 0.177. The monoisotopic (exact) mass is 224 g/mol. The number of likely N-dealkylation sites (tertiary alicyclic amines) is 2. The Bertz CT molecular complexity index is 254. The van der Waals surface area contributed by atoms with Crippen LogP contribution in [0.5, 0.6) is 0 Å². The van der Waals surface area contributed by atoms with Gasteiger partial charge >= 0.3 is 0 Å². The van der Waals surface area contributed by atoms with Gasteiger partial charge in [0.1, 0.15) is 6.29 Å². The van der Waals surface area contributed by atoms with Crippen LogP contribution >= 0.6 is 0 Å². The minimum atomic E-state index is 0.177. The number of aldehydes is 1. The van der Waals surface area contributed by atoms with E-state index >= 15 is 0 Å². The Morgan fingerprint density at radius 3 is 2.31 bits per heavy atom. The molecule has 0 atom stereocenters. The summed E-state index contributed by atoms with van der Waals surface area (Å²) in [7, 11) is 0. The Labute approximate surface area is 96.6 Å². The van der Waals surface area contributed by atoms with E-state index in [1.54, 1.807) is 0 Å². The standard InChI is InChI=1S/C12H20N2O2/c15-10-11-3-7-14(8-4-11)12(16)9-13-5-1-2-6-13/h10-11H,1-9H2. The third-order valence-corrected chi connectivity index (χ3v) is 3.64. The van der Waals surface area contributed by atoms with Crippen LogP contribution in [0.1, 0.15) is 25.7 Å². The Hall–Kier alpha value is -0.900. The first-order chi connectivity index (χ1) is 7.79. The number of carbonyl (C=O) groups excluding carboxylic acids is 2. The van der Waals surface area contributed by atoms with Crippen LogP contribution in [0.25, 0.3) is 0 Å². The molecule has 16 heavy (non-hydrogen) atoms. The summed E-state index contributed by atoms with van der Waals surface area (Å²) in [5.74, 6) is 0.419. The summed E-state index contributed by atoms with van der Waals surface area (Å²) in [6.45, 7) is 4.23. The van der Waals surface area contributed by atoms with Gasteiger partial charge in [-0.25, -0.2) is 0 Å². The Morgan fingerprint density at radius 1 is 1.12 bits per heavy atom. The summed E-state index contributed by atoms with van der Waals surface area (Å²) in [4.78, 5) is 26.7. The van der Waals surface area contributed by atoms with Crippen LogP contribution in [-0.2, 0) is 9.59 Å².